The van der Waals surface area contributed by atoms with Gasteiger partial charge < -0.3 is 10.6 Å². The Morgan fingerprint density at radius 2 is 1.68 bits per heavy atom. The summed E-state index contributed by atoms with van der Waals surface area (Å²) in [6.07, 6.45) is 1.72. The van der Waals surface area contributed by atoms with Gasteiger partial charge in [-0.05, 0) is 36.2 Å². The molecule has 0 aliphatic rings. The molecule has 1 aromatic heterocycles. The highest BCUT2D eigenvalue weighted by Gasteiger charge is 2.17. The number of carbonyl (C=O) groups is 1. The van der Waals surface area contributed by atoms with Crippen LogP contribution in [0.5, 0.6) is 0 Å². The van der Waals surface area contributed by atoms with Crippen LogP contribution in [0.15, 0.2) is 48.8 Å². The first-order valence-corrected chi connectivity index (χ1v) is 8.19. The zero-order valence-electron chi connectivity index (χ0n) is 14.3. The zero-order chi connectivity index (χ0) is 20.1. The molecule has 1 amide bonds. The number of rotatable bonds is 6. The van der Waals surface area contributed by atoms with Crippen LogP contribution in [0, 0.1) is 23.3 Å². The van der Waals surface area contributed by atoms with E-state index in [1.54, 1.807) is 12.1 Å². The van der Waals surface area contributed by atoms with Crippen molar-refractivity contribution in [3.8, 4) is 0 Å². The van der Waals surface area contributed by atoms with E-state index in [0.717, 1.165) is 18.0 Å². The van der Waals surface area contributed by atoms with Crippen LogP contribution in [0.3, 0.4) is 0 Å². The maximum absolute atomic E-state index is 13.7. The Bertz CT molecular complexity index is 996. The second-order valence-corrected chi connectivity index (χ2v) is 5.77. The number of halogens is 4. The molecule has 0 fully saturated rings. The minimum atomic E-state index is -1.68. The summed E-state index contributed by atoms with van der Waals surface area (Å²) in [5, 5.41) is 5.12. The molecule has 2 N–H and O–H groups in total. The monoisotopic (exact) mass is 390 g/mol. The lowest BCUT2D eigenvalue weighted by Gasteiger charge is -2.09. The van der Waals surface area contributed by atoms with E-state index < -0.39 is 29.0 Å². The summed E-state index contributed by atoms with van der Waals surface area (Å²) in [7, 11) is 0. The van der Waals surface area contributed by atoms with Gasteiger partial charge in [0.1, 0.15) is 23.7 Å². The van der Waals surface area contributed by atoms with Gasteiger partial charge in [0.25, 0.3) is 5.91 Å². The van der Waals surface area contributed by atoms with E-state index in [-0.39, 0.29) is 11.5 Å². The molecule has 28 heavy (non-hydrogen) atoms. The molecular weight excluding hydrogens is 376 g/mol. The maximum Gasteiger partial charge on any atom is 0.274 e. The molecule has 0 aliphatic heterocycles. The molecule has 1 heterocycles. The average Bonchev–Trinajstić information content (AvgIpc) is 2.70. The van der Waals surface area contributed by atoms with Gasteiger partial charge >= 0.3 is 0 Å². The Hall–Kier alpha value is -3.49. The van der Waals surface area contributed by atoms with E-state index in [1.165, 1.54) is 18.2 Å². The Morgan fingerprint density at radius 3 is 2.43 bits per heavy atom. The number of benzene rings is 2. The van der Waals surface area contributed by atoms with Crippen LogP contribution >= 0.6 is 0 Å². The van der Waals surface area contributed by atoms with Gasteiger partial charge in [0.05, 0.1) is 5.69 Å². The van der Waals surface area contributed by atoms with Gasteiger partial charge in [0.15, 0.2) is 17.5 Å². The summed E-state index contributed by atoms with van der Waals surface area (Å²) in [5.74, 6) is -5.32. The second-order valence-electron chi connectivity index (χ2n) is 5.77. The summed E-state index contributed by atoms with van der Waals surface area (Å²) in [6, 6.07) is 8.99. The molecule has 0 saturated heterocycles. The largest absolute Gasteiger partial charge is 0.370 e. The third kappa shape index (κ3) is 4.61. The molecule has 0 spiro atoms. The first-order chi connectivity index (χ1) is 13.4. The van der Waals surface area contributed by atoms with Crippen LogP contribution < -0.4 is 10.6 Å². The molecule has 3 rings (SSSR count). The Balaban J connectivity index is 1.63. The molecule has 3 aromatic rings. The lowest BCUT2D eigenvalue weighted by molar-refractivity contribution is 0.102. The summed E-state index contributed by atoms with van der Waals surface area (Å²) >= 11 is 0. The van der Waals surface area contributed by atoms with E-state index in [0.29, 0.717) is 24.8 Å². The fraction of sp³-hybridized carbons (Fsp3) is 0.105. The molecule has 144 valence electrons. The molecule has 0 bridgehead atoms. The number of nitrogens with one attached hydrogen (secondary N) is 2. The minimum absolute atomic E-state index is 0.0941. The third-order valence-electron chi connectivity index (χ3n) is 3.82. The average molecular weight is 390 g/mol. The molecule has 2 aromatic carbocycles. The quantitative estimate of drug-likeness (QED) is 0.494. The molecule has 9 heteroatoms. The van der Waals surface area contributed by atoms with Gasteiger partial charge in [-0.2, -0.15) is 0 Å². The van der Waals surface area contributed by atoms with E-state index in [9.17, 15) is 22.4 Å². The van der Waals surface area contributed by atoms with E-state index in [1.807, 2.05) is 0 Å². The third-order valence-corrected chi connectivity index (χ3v) is 3.82. The van der Waals surface area contributed by atoms with Crippen LogP contribution in [0.4, 0.5) is 29.1 Å². The second kappa shape index (κ2) is 8.47. The van der Waals surface area contributed by atoms with Crippen molar-refractivity contribution in [2.75, 3.05) is 17.2 Å². The number of anilines is 2. The van der Waals surface area contributed by atoms with Crippen molar-refractivity contribution in [3.05, 3.63) is 83.3 Å². The number of nitrogens with zero attached hydrogens (tertiary/aromatic N) is 2. The van der Waals surface area contributed by atoms with Crippen molar-refractivity contribution in [1.29, 1.82) is 0 Å². The van der Waals surface area contributed by atoms with Crippen LogP contribution in [0.2, 0.25) is 0 Å². The number of carbonyl (C=O) groups excluding carboxylic acids is 1. The van der Waals surface area contributed by atoms with Gasteiger partial charge in [-0.3, -0.25) is 4.79 Å². The Kier molecular flexibility index (Phi) is 5.83. The molecular formula is C19H14F4N4O. The molecule has 0 atom stereocenters. The van der Waals surface area contributed by atoms with Gasteiger partial charge in [0, 0.05) is 12.6 Å². The van der Waals surface area contributed by atoms with Crippen LogP contribution in [0.1, 0.15) is 16.1 Å². The number of amides is 1. The van der Waals surface area contributed by atoms with Crippen molar-refractivity contribution in [2.45, 2.75) is 6.42 Å². The van der Waals surface area contributed by atoms with E-state index in [4.69, 9.17) is 0 Å². The first kappa shape index (κ1) is 19.3. The van der Waals surface area contributed by atoms with Gasteiger partial charge in [-0.1, -0.05) is 12.1 Å². The maximum atomic E-state index is 13.7. The predicted octanol–water partition coefficient (Wildman–Crippen LogP) is 3.94. The lowest BCUT2D eigenvalue weighted by Crippen LogP contribution is -2.16. The fourth-order valence-corrected chi connectivity index (χ4v) is 2.37. The van der Waals surface area contributed by atoms with Gasteiger partial charge in [0.2, 0.25) is 0 Å². The topological polar surface area (TPSA) is 66.9 Å². The first-order valence-electron chi connectivity index (χ1n) is 8.19. The highest BCUT2D eigenvalue weighted by molar-refractivity contribution is 6.03. The molecule has 0 radical (unpaired) electrons. The van der Waals surface area contributed by atoms with E-state index in [2.05, 4.69) is 20.6 Å². The molecule has 0 aliphatic carbocycles. The normalized spacial score (nSPS) is 10.6. The molecule has 5 nitrogen and oxygen atoms in total. The van der Waals surface area contributed by atoms with Crippen molar-refractivity contribution < 1.29 is 22.4 Å². The van der Waals surface area contributed by atoms with Crippen molar-refractivity contribution in [2.24, 2.45) is 0 Å². The van der Waals surface area contributed by atoms with Crippen molar-refractivity contribution in [3.63, 3.8) is 0 Å². The summed E-state index contributed by atoms with van der Waals surface area (Å²) in [6.45, 7) is 0.460. The fourth-order valence-electron chi connectivity index (χ4n) is 2.37. The van der Waals surface area contributed by atoms with Crippen LogP contribution in [-0.2, 0) is 6.42 Å². The lowest BCUT2D eigenvalue weighted by atomic mass is 10.1. The van der Waals surface area contributed by atoms with Gasteiger partial charge in [-0.15, -0.1) is 0 Å². The summed E-state index contributed by atoms with van der Waals surface area (Å²) < 4.78 is 52.8. The van der Waals surface area contributed by atoms with Gasteiger partial charge in [-0.25, -0.2) is 27.5 Å². The smallest absolute Gasteiger partial charge is 0.274 e. The van der Waals surface area contributed by atoms with Crippen LogP contribution in [-0.4, -0.2) is 22.4 Å². The van der Waals surface area contributed by atoms with Crippen LogP contribution in [0.25, 0.3) is 0 Å². The molecule has 0 saturated carbocycles. The Labute approximate surface area is 157 Å². The van der Waals surface area contributed by atoms with Crippen molar-refractivity contribution in [1.82, 2.24) is 9.97 Å². The van der Waals surface area contributed by atoms with E-state index >= 15 is 0 Å². The zero-order valence-corrected chi connectivity index (χ0v) is 14.3. The Morgan fingerprint density at radius 1 is 0.929 bits per heavy atom. The highest BCUT2D eigenvalue weighted by Crippen LogP contribution is 2.20. The number of hydrogen-bond acceptors (Lipinski definition) is 4. The predicted molar refractivity (Wildman–Crippen MR) is 94.9 cm³/mol. The minimum Gasteiger partial charge on any atom is -0.370 e. The highest BCUT2D eigenvalue weighted by atomic mass is 19.2. The number of aromatic nitrogens is 2. The molecule has 0 unspecified atom stereocenters. The standard InChI is InChI=1S/C19H14F4N4O/c20-12-3-1-11(2-4-12)7-8-24-16-9-15(25-10-26-16)19(28)27-14-6-5-13(21)17(22)18(14)23/h1-6,9-10H,7-8H2,(H,27,28)(H,24,25,26). The SMILES string of the molecule is O=C(Nc1ccc(F)c(F)c1F)c1cc(NCCc2ccc(F)cc2)ncn1. The number of hydrogen-bond donors (Lipinski definition) is 2. The summed E-state index contributed by atoms with van der Waals surface area (Å²) in [5.41, 5.74) is 0.312. The van der Waals surface area contributed by atoms with Crippen molar-refractivity contribution >= 4 is 17.4 Å². The summed E-state index contributed by atoms with van der Waals surface area (Å²) in [4.78, 5) is 20.0.